The Hall–Kier alpha value is -3.27. The molecule has 0 bridgehead atoms. The molecule has 6 saturated heterocycles. The van der Waals surface area contributed by atoms with Gasteiger partial charge in [-0.15, -0.1) is 0 Å². The first kappa shape index (κ1) is 60.0. The quantitative estimate of drug-likeness (QED) is 0.126. The van der Waals surface area contributed by atoms with E-state index in [0.717, 1.165) is 57.6 Å². The van der Waals surface area contributed by atoms with Gasteiger partial charge in [0.2, 0.25) is 0 Å². The van der Waals surface area contributed by atoms with Crippen molar-refractivity contribution in [1.82, 2.24) is 45.8 Å². The van der Waals surface area contributed by atoms with Crippen molar-refractivity contribution in [3.8, 4) is 6.07 Å². The lowest BCUT2D eigenvalue weighted by Gasteiger charge is -2.41. The molecule has 3 amide bonds. The van der Waals surface area contributed by atoms with E-state index < -0.39 is 29.0 Å². The van der Waals surface area contributed by atoms with Crippen LogP contribution in [0.25, 0.3) is 0 Å². The summed E-state index contributed by atoms with van der Waals surface area (Å²) < 4.78 is 15.3. The van der Waals surface area contributed by atoms with Crippen molar-refractivity contribution in [3.63, 3.8) is 0 Å². The minimum Gasteiger partial charge on any atom is -0.444 e. The fraction of sp³-hybridized carbons (Fsp3) is 0.904. The van der Waals surface area contributed by atoms with Crippen molar-refractivity contribution < 1.29 is 33.4 Å². The molecule has 6 rings (SSSR count). The standard InChI is InChI=1S/C18H32N4O2.C17H33N3O2.C10H20N2.C7H13NO3/c1-18(2,3)24-17(23)20-14-16(13-19)22-11-7-15(8-12-22)21-9-5-4-6-10-21;1-17(2,3)22-16(21)18-9-14-19-12-7-15(8-13-19)20-10-5-4-6-11-20;1-2-8-12(9-3-1)10-4-6-11-7-5-10;1-7(2,3)11-6(10)8-4-5-9/h15-16H,4-12,14H2,1-3H3,(H,20,23);15H,4-14H2,1-3H3,(H,18,21);10-11H,1-9H2;5H,4H2,1-3H3,(H,8,10). The zero-order valence-electron chi connectivity index (χ0n) is 44.8. The molecule has 1 unspecified atom stereocenters. The van der Waals surface area contributed by atoms with E-state index in [1.165, 1.54) is 136 Å². The van der Waals surface area contributed by atoms with Crippen LogP contribution >= 0.6 is 0 Å². The summed E-state index contributed by atoms with van der Waals surface area (Å²) >= 11 is 0. The summed E-state index contributed by atoms with van der Waals surface area (Å²) in [7, 11) is 0. The van der Waals surface area contributed by atoms with E-state index in [2.05, 4.69) is 51.8 Å². The zero-order valence-corrected chi connectivity index (χ0v) is 44.8. The van der Waals surface area contributed by atoms with Crippen molar-refractivity contribution in [2.24, 2.45) is 0 Å². The van der Waals surface area contributed by atoms with Gasteiger partial charge in [-0.05, 0) is 205 Å². The van der Waals surface area contributed by atoms with Gasteiger partial charge in [-0.2, -0.15) is 5.26 Å². The number of hydrogen-bond donors (Lipinski definition) is 4. The second-order valence-electron chi connectivity index (χ2n) is 22.6. The first-order chi connectivity index (χ1) is 32.7. The highest BCUT2D eigenvalue weighted by Gasteiger charge is 2.30. The summed E-state index contributed by atoms with van der Waals surface area (Å²) in [4.78, 5) is 56.6. The molecular formula is C52H98N10O7. The number of alkyl carbamates (subject to hydrolysis) is 3. The maximum Gasteiger partial charge on any atom is 0.408 e. The first-order valence-corrected chi connectivity index (χ1v) is 26.9. The Labute approximate surface area is 418 Å². The Bertz CT molecular complexity index is 1460. The number of rotatable bonds is 11. The summed E-state index contributed by atoms with van der Waals surface area (Å²) in [5.74, 6) is 0. The third-order valence-corrected chi connectivity index (χ3v) is 13.3. The average molecular weight is 975 g/mol. The number of likely N-dealkylation sites (tertiary alicyclic amines) is 5. The maximum absolute atomic E-state index is 11.8. The summed E-state index contributed by atoms with van der Waals surface area (Å²) in [6.45, 7) is 32.7. The molecule has 17 heteroatoms. The van der Waals surface area contributed by atoms with Crippen molar-refractivity contribution in [1.29, 1.82) is 5.26 Å². The van der Waals surface area contributed by atoms with Crippen molar-refractivity contribution in [2.75, 3.05) is 105 Å². The number of nitrogens with zero attached hydrogens (tertiary/aromatic N) is 6. The van der Waals surface area contributed by atoms with Crippen LogP contribution in [0.3, 0.4) is 0 Å². The summed E-state index contributed by atoms with van der Waals surface area (Å²) in [6, 6.07) is 4.41. The van der Waals surface area contributed by atoms with Crippen molar-refractivity contribution >= 4 is 24.6 Å². The minimum atomic E-state index is -0.565. The van der Waals surface area contributed by atoms with E-state index in [1.54, 1.807) is 20.8 Å². The Morgan fingerprint density at radius 3 is 1.33 bits per heavy atom. The Morgan fingerprint density at radius 1 is 0.565 bits per heavy atom. The summed E-state index contributed by atoms with van der Waals surface area (Å²) in [5, 5.41) is 20.7. The van der Waals surface area contributed by atoms with E-state index in [4.69, 9.17) is 14.2 Å². The molecule has 6 heterocycles. The van der Waals surface area contributed by atoms with Crippen molar-refractivity contribution in [2.45, 2.75) is 200 Å². The summed E-state index contributed by atoms with van der Waals surface area (Å²) in [6.07, 6.45) is 19.3. The van der Waals surface area contributed by atoms with E-state index in [-0.39, 0.29) is 18.7 Å². The number of aldehydes is 1. The monoisotopic (exact) mass is 975 g/mol. The topological polar surface area (TPSA) is 184 Å². The molecule has 4 N–H and O–H groups in total. The molecule has 0 spiro atoms. The molecule has 398 valence electrons. The van der Waals surface area contributed by atoms with Crippen LogP contribution in [-0.2, 0) is 19.0 Å². The van der Waals surface area contributed by atoms with Crippen LogP contribution in [0.15, 0.2) is 0 Å². The predicted molar refractivity (Wildman–Crippen MR) is 274 cm³/mol. The van der Waals surface area contributed by atoms with E-state index in [0.29, 0.717) is 25.4 Å². The smallest absolute Gasteiger partial charge is 0.408 e. The summed E-state index contributed by atoms with van der Waals surface area (Å²) in [5.41, 5.74) is -1.44. The fourth-order valence-corrected chi connectivity index (χ4v) is 9.91. The predicted octanol–water partition coefficient (Wildman–Crippen LogP) is 6.75. The Balaban J connectivity index is 0.000000257. The number of amides is 3. The molecule has 0 saturated carbocycles. The van der Waals surface area contributed by atoms with Gasteiger partial charge in [-0.3, -0.25) is 4.90 Å². The van der Waals surface area contributed by atoms with Crippen LogP contribution in [-0.4, -0.2) is 195 Å². The third-order valence-electron chi connectivity index (χ3n) is 13.3. The number of carbonyl (C=O) groups excluding carboxylic acids is 4. The van der Waals surface area contributed by atoms with Gasteiger partial charge in [0.1, 0.15) is 29.1 Å². The van der Waals surface area contributed by atoms with Crippen LogP contribution < -0.4 is 21.3 Å². The van der Waals surface area contributed by atoms with Crippen molar-refractivity contribution in [3.05, 3.63) is 0 Å². The molecule has 0 aliphatic carbocycles. The zero-order chi connectivity index (χ0) is 50.7. The highest BCUT2D eigenvalue weighted by atomic mass is 16.6. The van der Waals surface area contributed by atoms with Crippen LogP contribution in [0.4, 0.5) is 14.4 Å². The van der Waals surface area contributed by atoms with E-state index in [9.17, 15) is 24.4 Å². The lowest BCUT2D eigenvalue weighted by atomic mass is 9.99. The molecule has 69 heavy (non-hydrogen) atoms. The Kier molecular flexibility index (Phi) is 27.8. The number of hydrogen-bond acceptors (Lipinski definition) is 14. The van der Waals surface area contributed by atoms with Gasteiger partial charge in [-0.25, -0.2) is 14.4 Å². The maximum atomic E-state index is 11.8. The van der Waals surface area contributed by atoms with Crippen LogP contribution in [0, 0.1) is 11.3 Å². The highest BCUT2D eigenvalue weighted by Crippen LogP contribution is 2.23. The van der Waals surface area contributed by atoms with Crippen LogP contribution in [0.2, 0.25) is 0 Å². The largest absolute Gasteiger partial charge is 0.444 e. The molecule has 1 atom stereocenters. The van der Waals surface area contributed by atoms with Crippen LogP contribution in [0.5, 0.6) is 0 Å². The molecule has 6 aliphatic rings. The van der Waals surface area contributed by atoms with E-state index in [1.807, 2.05) is 41.5 Å². The molecular weight excluding hydrogens is 877 g/mol. The minimum absolute atomic E-state index is 0.00505. The van der Waals surface area contributed by atoms with E-state index >= 15 is 0 Å². The number of nitriles is 1. The molecule has 6 aliphatic heterocycles. The number of piperidine rings is 6. The molecule has 0 aromatic carbocycles. The van der Waals surface area contributed by atoms with Gasteiger partial charge in [0, 0.05) is 50.8 Å². The molecule has 0 aromatic heterocycles. The number of ether oxygens (including phenoxy) is 3. The van der Waals surface area contributed by atoms with Gasteiger partial charge in [0.05, 0.1) is 12.6 Å². The molecule has 0 radical (unpaired) electrons. The average Bonchev–Trinajstić information content (AvgIpc) is 3.32. The number of nitrogens with one attached hydrogen (secondary N) is 4. The number of carbonyl (C=O) groups is 4. The Morgan fingerprint density at radius 2 is 0.942 bits per heavy atom. The molecule has 6 fully saturated rings. The van der Waals surface area contributed by atoms with Gasteiger partial charge in [0.25, 0.3) is 0 Å². The van der Waals surface area contributed by atoms with Gasteiger partial charge in [0.15, 0.2) is 0 Å². The molecule has 0 aromatic rings. The second kappa shape index (κ2) is 31.9. The third kappa shape index (κ3) is 27.2. The highest BCUT2D eigenvalue weighted by molar-refractivity contribution is 5.71. The van der Waals surface area contributed by atoms with Gasteiger partial charge >= 0.3 is 18.3 Å². The van der Waals surface area contributed by atoms with Crippen LogP contribution in [0.1, 0.15) is 159 Å². The SMILES string of the molecule is C1CCN(C2CCNCC2)CC1.CC(C)(C)OC(=O)NCC(C#N)N1CCC(N2CCCCC2)CC1.CC(C)(C)OC(=O)NCC=O.CC(C)(C)OC(=O)NCCN1CCC(N2CCCCC2)CC1. The van der Waals surface area contributed by atoms with Gasteiger partial charge in [-0.1, -0.05) is 19.3 Å². The fourth-order valence-electron chi connectivity index (χ4n) is 9.91. The lowest BCUT2D eigenvalue weighted by molar-refractivity contribution is -0.107. The lowest BCUT2D eigenvalue weighted by Crippen LogP contribution is -2.51. The van der Waals surface area contributed by atoms with Gasteiger partial charge < -0.3 is 59.9 Å². The molecule has 17 nitrogen and oxygen atoms in total. The second-order valence-corrected chi connectivity index (χ2v) is 22.6. The first-order valence-electron chi connectivity index (χ1n) is 26.9. The normalized spacial score (nSPS) is 21.7.